The summed E-state index contributed by atoms with van der Waals surface area (Å²) in [4.78, 5) is 0. The maximum absolute atomic E-state index is 3.78. The van der Waals surface area contributed by atoms with Crippen LogP contribution in [0.2, 0.25) is 0 Å². The zero-order valence-corrected chi connectivity index (χ0v) is 22.8. The molecule has 1 nitrogen and oxygen atoms in total. The maximum atomic E-state index is 3.78. The largest absolute Gasteiger partial charge is 0.355 e. The first-order valence-electron chi connectivity index (χ1n) is 13.5. The number of hydrogen-bond donors (Lipinski definition) is 1. The van der Waals surface area contributed by atoms with E-state index in [0.29, 0.717) is 0 Å². The van der Waals surface area contributed by atoms with Gasteiger partial charge in [0.05, 0.1) is 0 Å². The summed E-state index contributed by atoms with van der Waals surface area (Å²) in [6, 6.07) is 44.4. The quantitative estimate of drug-likeness (QED) is 0.246. The highest BCUT2D eigenvalue weighted by Gasteiger charge is 2.35. The van der Waals surface area contributed by atoms with Crippen molar-refractivity contribution in [1.82, 2.24) is 0 Å². The molecule has 1 aromatic heterocycles. The monoisotopic (exact) mass is 517 g/mol. The fourth-order valence-corrected chi connectivity index (χ4v) is 7.71. The molecule has 0 spiro atoms. The second-order valence-corrected chi connectivity index (χ2v) is 12.1. The number of anilines is 2. The zero-order valence-electron chi connectivity index (χ0n) is 22.0. The summed E-state index contributed by atoms with van der Waals surface area (Å²) in [5.41, 5.74) is 10.3. The van der Waals surface area contributed by atoms with E-state index in [9.17, 15) is 0 Å². The highest BCUT2D eigenvalue weighted by Crippen LogP contribution is 2.49. The highest BCUT2D eigenvalue weighted by molar-refractivity contribution is 7.25. The average Bonchev–Trinajstić information content (AvgIpc) is 3.46. The molecule has 186 valence electrons. The maximum Gasteiger partial charge on any atom is 0.0464 e. The minimum atomic E-state index is -0.0163. The molecule has 6 aromatic carbocycles. The lowest BCUT2D eigenvalue weighted by Crippen LogP contribution is -2.15. The summed E-state index contributed by atoms with van der Waals surface area (Å²) in [5, 5.41) is 8.96. The van der Waals surface area contributed by atoms with E-state index in [0.717, 1.165) is 11.4 Å². The zero-order chi connectivity index (χ0) is 26.1. The molecule has 1 heterocycles. The number of nitrogens with one attached hydrogen (secondary N) is 1. The molecule has 0 aliphatic heterocycles. The SMILES string of the molecule is CC1(C)c2ccccc2-c2ccc(Nc3ccc(-c4cccc5sc6ccccc6c45)c4ccccc34)cc21. The Labute approximate surface area is 232 Å². The Morgan fingerprint density at radius 2 is 1.18 bits per heavy atom. The van der Waals surface area contributed by atoms with Crippen molar-refractivity contribution in [2.75, 3.05) is 5.32 Å². The van der Waals surface area contributed by atoms with Crippen LogP contribution >= 0.6 is 11.3 Å². The molecule has 0 fully saturated rings. The van der Waals surface area contributed by atoms with Crippen molar-refractivity contribution in [2.45, 2.75) is 19.3 Å². The van der Waals surface area contributed by atoms with Crippen LogP contribution in [0.5, 0.6) is 0 Å². The van der Waals surface area contributed by atoms with Gasteiger partial charge in [-0.3, -0.25) is 0 Å². The summed E-state index contributed by atoms with van der Waals surface area (Å²) in [6.45, 7) is 4.67. The van der Waals surface area contributed by atoms with Crippen LogP contribution in [0.25, 0.3) is 53.2 Å². The molecular formula is C37H27NS. The Hall–Kier alpha value is -4.40. The van der Waals surface area contributed by atoms with Crippen molar-refractivity contribution in [3.8, 4) is 22.3 Å². The van der Waals surface area contributed by atoms with Crippen LogP contribution in [0, 0.1) is 0 Å². The van der Waals surface area contributed by atoms with Gasteiger partial charge in [-0.05, 0) is 69.1 Å². The summed E-state index contributed by atoms with van der Waals surface area (Å²) in [7, 11) is 0. The summed E-state index contributed by atoms with van der Waals surface area (Å²) in [6.07, 6.45) is 0. The summed E-state index contributed by atoms with van der Waals surface area (Å²) in [5.74, 6) is 0. The number of thiophene rings is 1. The molecule has 8 rings (SSSR count). The molecule has 2 heteroatoms. The van der Waals surface area contributed by atoms with E-state index < -0.39 is 0 Å². The Morgan fingerprint density at radius 3 is 2.08 bits per heavy atom. The predicted molar refractivity (Wildman–Crippen MR) is 170 cm³/mol. The van der Waals surface area contributed by atoms with E-state index in [4.69, 9.17) is 0 Å². The molecule has 0 radical (unpaired) electrons. The first-order valence-corrected chi connectivity index (χ1v) is 14.3. The van der Waals surface area contributed by atoms with Crippen LogP contribution in [0.15, 0.2) is 121 Å². The van der Waals surface area contributed by atoms with E-state index in [1.165, 1.54) is 64.3 Å². The summed E-state index contributed by atoms with van der Waals surface area (Å²) < 4.78 is 2.67. The molecule has 0 amide bonds. The van der Waals surface area contributed by atoms with Crippen molar-refractivity contribution < 1.29 is 0 Å². The van der Waals surface area contributed by atoms with E-state index in [2.05, 4.69) is 140 Å². The molecule has 0 saturated heterocycles. The minimum Gasteiger partial charge on any atom is -0.355 e. The molecule has 39 heavy (non-hydrogen) atoms. The lowest BCUT2D eigenvalue weighted by Gasteiger charge is -2.22. The van der Waals surface area contributed by atoms with Gasteiger partial charge in [0.1, 0.15) is 0 Å². The third kappa shape index (κ3) is 3.32. The Kier molecular flexibility index (Phi) is 4.80. The van der Waals surface area contributed by atoms with Crippen LogP contribution in [-0.4, -0.2) is 0 Å². The second kappa shape index (κ2) is 8.30. The number of benzene rings is 6. The van der Waals surface area contributed by atoms with Crippen molar-refractivity contribution in [2.24, 2.45) is 0 Å². The molecule has 1 N–H and O–H groups in total. The molecule has 1 aliphatic rings. The van der Waals surface area contributed by atoms with Gasteiger partial charge in [-0.15, -0.1) is 11.3 Å². The van der Waals surface area contributed by atoms with Crippen LogP contribution in [-0.2, 0) is 5.41 Å². The molecule has 0 unspecified atom stereocenters. The number of rotatable bonds is 3. The lowest BCUT2D eigenvalue weighted by atomic mass is 9.82. The predicted octanol–water partition coefficient (Wildman–Crippen LogP) is 10.9. The van der Waals surface area contributed by atoms with Gasteiger partial charge in [-0.25, -0.2) is 0 Å². The molecule has 0 atom stereocenters. The smallest absolute Gasteiger partial charge is 0.0464 e. The topological polar surface area (TPSA) is 12.0 Å². The van der Waals surface area contributed by atoms with Gasteiger partial charge in [0.15, 0.2) is 0 Å². The van der Waals surface area contributed by atoms with Crippen molar-refractivity contribution >= 4 is 53.7 Å². The normalized spacial score (nSPS) is 13.6. The molecule has 0 bridgehead atoms. The van der Waals surface area contributed by atoms with Gasteiger partial charge in [-0.2, -0.15) is 0 Å². The summed E-state index contributed by atoms with van der Waals surface area (Å²) >= 11 is 1.87. The van der Waals surface area contributed by atoms with Crippen molar-refractivity contribution in [3.05, 3.63) is 132 Å². The Balaban J connectivity index is 1.26. The van der Waals surface area contributed by atoms with Crippen molar-refractivity contribution in [3.63, 3.8) is 0 Å². The standard InChI is InChI=1S/C37H27NS/c1-37(2)31-15-7-5-11-26(31)27-19-18-23(22-32(27)37)38-33-21-20-25(24-10-3-4-12-28(24)33)29-14-9-17-35-36(29)30-13-6-8-16-34(30)39-35/h3-22,38H,1-2H3. The third-order valence-electron chi connectivity index (χ3n) is 8.48. The van der Waals surface area contributed by atoms with Gasteiger partial charge >= 0.3 is 0 Å². The Bertz CT molecular complexity index is 2080. The fraction of sp³-hybridized carbons (Fsp3) is 0.0811. The van der Waals surface area contributed by atoms with Gasteiger partial charge in [-0.1, -0.05) is 105 Å². The number of fused-ring (bicyclic) bond motifs is 7. The van der Waals surface area contributed by atoms with Crippen LogP contribution in [0.4, 0.5) is 11.4 Å². The average molecular weight is 518 g/mol. The molecular weight excluding hydrogens is 490 g/mol. The molecule has 1 aliphatic carbocycles. The van der Waals surface area contributed by atoms with E-state index in [-0.39, 0.29) is 5.41 Å². The highest BCUT2D eigenvalue weighted by atomic mass is 32.1. The first-order chi connectivity index (χ1) is 19.1. The molecule has 7 aromatic rings. The van der Waals surface area contributed by atoms with Gasteiger partial charge < -0.3 is 5.32 Å². The van der Waals surface area contributed by atoms with Gasteiger partial charge in [0.25, 0.3) is 0 Å². The van der Waals surface area contributed by atoms with Crippen molar-refractivity contribution in [1.29, 1.82) is 0 Å². The fourth-order valence-electron chi connectivity index (χ4n) is 6.58. The van der Waals surface area contributed by atoms with E-state index in [1.807, 2.05) is 11.3 Å². The lowest BCUT2D eigenvalue weighted by molar-refractivity contribution is 0.660. The first kappa shape index (κ1) is 22.6. The van der Waals surface area contributed by atoms with Crippen LogP contribution in [0.1, 0.15) is 25.0 Å². The van der Waals surface area contributed by atoms with E-state index in [1.54, 1.807) is 0 Å². The second-order valence-electron chi connectivity index (χ2n) is 11.0. The molecule has 0 saturated carbocycles. The van der Waals surface area contributed by atoms with E-state index >= 15 is 0 Å². The van der Waals surface area contributed by atoms with Gasteiger partial charge in [0.2, 0.25) is 0 Å². The minimum absolute atomic E-state index is 0.0163. The Morgan fingerprint density at radius 1 is 0.513 bits per heavy atom. The number of hydrogen-bond acceptors (Lipinski definition) is 2. The third-order valence-corrected chi connectivity index (χ3v) is 9.62. The van der Waals surface area contributed by atoms with Crippen LogP contribution < -0.4 is 5.32 Å². The van der Waals surface area contributed by atoms with Crippen LogP contribution in [0.3, 0.4) is 0 Å². The van der Waals surface area contributed by atoms with Gasteiger partial charge in [0, 0.05) is 42.3 Å².